The van der Waals surface area contributed by atoms with Gasteiger partial charge in [-0.05, 0) is 12.1 Å². The average molecular weight is 252 g/mol. The third-order valence-corrected chi connectivity index (χ3v) is 2.13. The molecule has 0 aromatic heterocycles. The van der Waals surface area contributed by atoms with Crippen LogP contribution in [-0.4, -0.2) is 20.9 Å². The van der Waals surface area contributed by atoms with Crippen LogP contribution in [0.25, 0.3) is 6.08 Å². The lowest BCUT2D eigenvalue weighted by atomic mass is 10.1. The molecule has 1 N–H and O–H groups in total. The van der Waals surface area contributed by atoms with Gasteiger partial charge < -0.3 is 5.11 Å². The van der Waals surface area contributed by atoms with Crippen molar-refractivity contribution >= 4 is 17.7 Å². The van der Waals surface area contributed by atoms with Crippen LogP contribution in [0.5, 0.6) is 0 Å². The molecule has 0 fully saturated rings. The van der Waals surface area contributed by atoms with Crippen molar-refractivity contribution in [3.8, 4) is 0 Å². The molecule has 1 rings (SSSR count). The van der Waals surface area contributed by atoms with Crippen LogP contribution in [0.2, 0.25) is 0 Å². The number of nitrogens with zero attached hydrogens (tertiary/aromatic N) is 2. The van der Waals surface area contributed by atoms with E-state index in [0.29, 0.717) is 0 Å². The highest BCUT2D eigenvalue weighted by molar-refractivity contribution is 5.89. The maximum atomic E-state index is 10.8. The zero-order valence-corrected chi connectivity index (χ0v) is 9.19. The van der Waals surface area contributed by atoms with Gasteiger partial charge in [-0.3, -0.25) is 20.2 Å². The minimum absolute atomic E-state index is 0.0146. The standard InChI is InChI=1S/C10H8N2O6/c1-6(11(15)16)4-7-2-3-8(10(13)14)5-9(7)12(17)18/h2-5H,1H3,(H,13,14)/b6-4+. The molecule has 0 amide bonds. The number of nitro groups is 2. The quantitative estimate of drug-likeness (QED) is 0.644. The molecule has 8 heteroatoms. The smallest absolute Gasteiger partial charge is 0.335 e. The van der Waals surface area contributed by atoms with Crippen LogP contribution >= 0.6 is 0 Å². The number of allylic oxidation sites excluding steroid dienone is 1. The predicted molar refractivity (Wildman–Crippen MR) is 60.7 cm³/mol. The first-order valence-corrected chi connectivity index (χ1v) is 4.67. The Hall–Kier alpha value is -2.77. The van der Waals surface area contributed by atoms with Gasteiger partial charge in [0.2, 0.25) is 5.70 Å². The number of nitro benzene ring substituents is 1. The fourth-order valence-electron chi connectivity index (χ4n) is 1.23. The molecule has 0 spiro atoms. The average Bonchev–Trinajstić information content (AvgIpc) is 2.28. The number of hydrogen-bond donors (Lipinski definition) is 1. The molecule has 1 aromatic rings. The number of carboxylic acids is 1. The van der Waals surface area contributed by atoms with E-state index in [1.54, 1.807) is 0 Å². The first-order valence-electron chi connectivity index (χ1n) is 4.67. The van der Waals surface area contributed by atoms with Gasteiger partial charge in [0.1, 0.15) is 0 Å². The van der Waals surface area contributed by atoms with Crippen molar-refractivity contribution in [3.63, 3.8) is 0 Å². The van der Waals surface area contributed by atoms with E-state index >= 15 is 0 Å². The Morgan fingerprint density at radius 1 is 1.33 bits per heavy atom. The van der Waals surface area contributed by atoms with Crippen molar-refractivity contribution in [2.24, 2.45) is 0 Å². The molecule has 0 atom stereocenters. The maximum Gasteiger partial charge on any atom is 0.335 e. The molecule has 8 nitrogen and oxygen atoms in total. The van der Waals surface area contributed by atoms with Crippen molar-refractivity contribution < 1.29 is 19.7 Å². The predicted octanol–water partition coefficient (Wildman–Crippen LogP) is 1.93. The Labute approximate surface area is 100 Å². The van der Waals surface area contributed by atoms with E-state index in [-0.39, 0.29) is 16.8 Å². The second-order valence-corrected chi connectivity index (χ2v) is 3.38. The van der Waals surface area contributed by atoms with Crippen molar-refractivity contribution in [2.75, 3.05) is 0 Å². The summed E-state index contributed by atoms with van der Waals surface area (Å²) in [5, 5.41) is 29.9. The summed E-state index contributed by atoms with van der Waals surface area (Å²) in [6.45, 7) is 1.19. The summed E-state index contributed by atoms with van der Waals surface area (Å²) >= 11 is 0. The lowest BCUT2D eigenvalue weighted by Gasteiger charge is -1.99. The monoisotopic (exact) mass is 252 g/mol. The van der Waals surface area contributed by atoms with Crippen molar-refractivity contribution in [3.05, 3.63) is 55.3 Å². The fourth-order valence-corrected chi connectivity index (χ4v) is 1.23. The molecule has 18 heavy (non-hydrogen) atoms. The van der Waals surface area contributed by atoms with Crippen LogP contribution in [0, 0.1) is 20.2 Å². The topological polar surface area (TPSA) is 124 Å². The molecule has 0 saturated heterocycles. The molecule has 0 saturated carbocycles. The van der Waals surface area contributed by atoms with E-state index in [1.165, 1.54) is 6.92 Å². The molecule has 94 valence electrons. The summed E-state index contributed by atoms with van der Waals surface area (Å²) < 4.78 is 0. The molecule has 0 aliphatic carbocycles. The third-order valence-electron chi connectivity index (χ3n) is 2.13. The first-order chi connectivity index (χ1) is 8.32. The van der Waals surface area contributed by atoms with Crippen molar-refractivity contribution in [1.82, 2.24) is 0 Å². The second-order valence-electron chi connectivity index (χ2n) is 3.38. The zero-order chi connectivity index (χ0) is 13.9. The number of carboxylic acid groups (broad SMARTS) is 1. The third kappa shape index (κ3) is 2.88. The largest absolute Gasteiger partial charge is 0.478 e. The SMILES string of the molecule is C/C(=C\c1ccc(C(=O)O)cc1[N+](=O)[O-])[N+](=O)[O-]. The molecule has 0 radical (unpaired) electrons. The van der Waals surface area contributed by atoms with Crippen LogP contribution in [-0.2, 0) is 0 Å². The minimum atomic E-state index is -1.31. The van der Waals surface area contributed by atoms with Gasteiger partial charge in [-0.15, -0.1) is 0 Å². The number of benzene rings is 1. The van der Waals surface area contributed by atoms with E-state index in [9.17, 15) is 25.0 Å². The van der Waals surface area contributed by atoms with Crippen molar-refractivity contribution in [2.45, 2.75) is 6.92 Å². The van der Waals surface area contributed by atoms with E-state index < -0.39 is 21.5 Å². The van der Waals surface area contributed by atoms with Gasteiger partial charge in [0.05, 0.1) is 21.0 Å². The molecule has 0 bridgehead atoms. The highest BCUT2D eigenvalue weighted by Gasteiger charge is 2.17. The number of rotatable bonds is 4. The van der Waals surface area contributed by atoms with E-state index in [4.69, 9.17) is 5.11 Å². The Morgan fingerprint density at radius 2 is 1.94 bits per heavy atom. The molecular formula is C10H8N2O6. The summed E-state index contributed by atoms with van der Waals surface area (Å²) in [4.78, 5) is 30.4. The molecule has 0 heterocycles. The van der Waals surface area contributed by atoms with Gasteiger partial charge in [0, 0.05) is 19.1 Å². The summed E-state index contributed by atoms with van der Waals surface area (Å²) in [6, 6.07) is 3.17. The Balaban J connectivity index is 3.37. The minimum Gasteiger partial charge on any atom is -0.478 e. The highest BCUT2D eigenvalue weighted by atomic mass is 16.6. The van der Waals surface area contributed by atoms with Gasteiger partial charge in [-0.1, -0.05) is 0 Å². The van der Waals surface area contributed by atoms with Crippen LogP contribution < -0.4 is 0 Å². The molecule has 0 unspecified atom stereocenters. The fraction of sp³-hybridized carbons (Fsp3) is 0.100. The van der Waals surface area contributed by atoms with Crippen LogP contribution in [0.4, 0.5) is 5.69 Å². The maximum absolute atomic E-state index is 10.8. The van der Waals surface area contributed by atoms with Gasteiger partial charge in [-0.2, -0.15) is 0 Å². The number of aromatic carboxylic acids is 1. The second kappa shape index (κ2) is 5.04. The van der Waals surface area contributed by atoms with Crippen molar-refractivity contribution in [1.29, 1.82) is 0 Å². The van der Waals surface area contributed by atoms with E-state index in [2.05, 4.69) is 0 Å². The zero-order valence-electron chi connectivity index (χ0n) is 9.19. The molecule has 0 aliphatic heterocycles. The highest BCUT2D eigenvalue weighted by Crippen LogP contribution is 2.23. The summed E-state index contributed by atoms with van der Waals surface area (Å²) in [6.07, 6.45) is 1.02. The van der Waals surface area contributed by atoms with E-state index in [0.717, 1.165) is 24.3 Å². The molecule has 1 aromatic carbocycles. The Kier molecular flexibility index (Phi) is 3.72. The van der Waals surface area contributed by atoms with Crippen LogP contribution in [0.15, 0.2) is 23.9 Å². The Morgan fingerprint density at radius 3 is 2.39 bits per heavy atom. The Bertz CT molecular complexity index is 563. The lowest BCUT2D eigenvalue weighted by molar-refractivity contribution is -0.422. The van der Waals surface area contributed by atoms with Gasteiger partial charge in [0.15, 0.2) is 0 Å². The summed E-state index contributed by atoms with van der Waals surface area (Å²) in [5.41, 5.74) is -1.03. The summed E-state index contributed by atoms with van der Waals surface area (Å²) in [5.74, 6) is -1.31. The van der Waals surface area contributed by atoms with Gasteiger partial charge in [-0.25, -0.2) is 4.79 Å². The molecular weight excluding hydrogens is 244 g/mol. The first kappa shape index (κ1) is 13.3. The van der Waals surface area contributed by atoms with Gasteiger partial charge in [0.25, 0.3) is 5.69 Å². The van der Waals surface area contributed by atoms with Gasteiger partial charge >= 0.3 is 5.97 Å². The summed E-state index contributed by atoms with van der Waals surface area (Å²) in [7, 11) is 0. The van der Waals surface area contributed by atoms with Crippen LogP contribution in [0.3, 0.4) is 0 Å². The van der Waals surface area contributed by atoms with E-state index in [1.807, 2.05) is 0 Å². The normalized spacial score (nSPS) is 11.1. The number of hydrogen-bond acceptors (Lipinski definition) is 5. The number of carbonyl (C=O) groups is 1. The molecule has 0 aliphatic rings. The van der Waals surface area contributed by atoms with Crippen LogP contribution in [0.1, 0.15) is 22.8 Å². The lowest BCUT2D eigenvalue weighted by Crippen LogP contribution is -2.00.